The highest BCUT2D eigenvalue weighted by Crippen LogP contribution is 2.19. The molecule has 46 heavy (non-hydrogen) atoms. The van der Waals surface area contributed by atoms with Gasteiger partial charge < -0.3 is 31.9 Å². The first kappa shape index (κ1) is 34.0. The summed E-state index contributed by atoms with van der Waals surface area (Å²) in [5.41, 5.74) is 2.39. The maximum absolute atomic E-state index is 13.2. The highest BCUT2D eigenvalue weighted by atomic mass is 16.2. The second-order valence-electron chi connectivity index (χ2n) is 11.3. The van der Waals surface area contributed by atoms with E-state index in [1.54, 1.807) is 36.7 Å². The maximum Gasteiger partial charge on any atom is 0.260 e. The van der Waals surface area contributed by atoms with Crippen LogP contribution in [-0.4, -0.2) is 88.9 Å². The van der Waals surface area contributed by atoms with Gasteiger partial charge in [-0.15, -0.1) is 0 Å². The zero-order valence-electron chi connectivity index (χ0n) is 26.7. The first-order valence-corrected chi connectivity index (χ1v) is 15.7. The zero-order valence-corrected chi connectivity index (χ0v) is 26.7. The van der Waals surface area contributed by atoms with Gasteiger partial charge >= 0.3 is 0 Å². The third kappa shape index (κ3) is 11.2. The molecule has 3 amide bonds. The van der Waals surface area contributed by atoms with Gasteiger partial charge in [-0.25, -0.2) is 4.98 Å². The van der Waals surface area contributed by atoms with Crippen molar-refractivity contribution < 1.29 is 14.4 Å². The number of carbonyl (C=O) groups excluding carboxylic acids is 3. The Hall–Kier alpha value is -4.88. The Balaban J connectivity index is 1.27. The van der Waals surface area contributed by atoms with Crippen LogP contribution >= 0.6 is 0 Å². The molecular weight excluding hydrogens is 584 g/mol. The highest BCUT2D eigenvalue weighted by molar-refractivity contribution is 6.07. The molecule has 1 aliphatic heterocycles. The van der Waals surface area contributed by atoms with Gasteiger partial charge in [0.15, 0.2) is 0 Å². The molecule has 6 N–H and O–H groups in total. The van der Waals surface area contributed by atoms with Gasteiger partial charge in [0.25, 0.3) is 5.91 Å². The number of aromatic nitrogens is 3. The average Bonchev–Trinajstić information content (AvgIpc) is 3.03. The summed E-state index contributed by atoms with van der Waals surface area (Å²) in [4.78, 5) is 53.2. The number of benzene rings is 1. The van der Waals surface area contributed by atoms with Crippen molar-refractivity contribution >= 4 is 40.9 Å². The molecule has 244 valence electrons. The van der Waals surface area contributed by atoms with Crippen LogP contribution in [0.4, 0.5) is 23.1 Å². The fourth-order valence-electron chi connectivity index (χ4n) is 5.08. The molecule has 3 aromatic rings. The van der Waals surface area contributed by atoms with Crippen molar-refractivity contribution in [3.8, 4) is 0 Å². The van der Waals surface area contributed by atoms with E-state index in [1.165, 1.54) is 12.3 Å². The van der Waals surface area contributed by atoms with E-state index in [2.05, 4.69) is 65.6 Å². The van der Waals surface area contributed by atoms with Crippen molar-refractivity contribution in [3.63, 3.8) is 0 Å². The largest absolute Gasteiger partial charge is 0.369 e. The molecule has 1 aromatic carbocycles. The molecule has 1 saturated heterocycles. The lowest BCUT2D eigenvalue weighted by molar-refractivity contribution is -0.121. The summed E-state index contributed by atoms with van der Waals surface area (Å²) < 4.78 is 0. The van der Waals surface area contributed by atoms with Gasteiger partial charge in [-0.05, 0) is 62.6 Å². The minimum Gasteiger partial charge on any atom is -0.369 e. The van der Waals surface area contributed by atoms with Crippen LogP contribution in [0.2, 0.25) is 0 Å². The van der Waals surface area contributed by atoms with E-state index in [9.17, 15) is 14.4 Å². The predicted molar refractivity (Wildman–Crippen MR) is 181 cm³/mol. The topological polar surface area (TPSA) is 165 Å². The molecule has 4 rings (SSSR count). The maximum atomic E-state index is 13.2. The Morgan fingerprint density at radius 1 is 1.00 bits per heavy atom. The van der Waals surface area contributed by atoms with E-state index in [-0.39, 0.29) is 18.4 Å². The molecule has 2 atom stereocenters. The van der Waals surface area contributed by atoms with Gasteiger partial charge in [-0.2, -0.15) is 4.98 Å². The molecular formula is C33H44N10O3. The first-order chi connectivity index (χ1) is 22.3. The van der Waals surface area contributed by atoms with Crippen LogP contribution in [-0.2, 0) is 16.0 Å². The monoisotopic (exact) mass is 628 g/mol. The summed E-state index contributed by atoms with van der Waals surface area (Å²) in [7, 11) is 0. The third-order valence-corrected chi connectivity index (χ3v) is 7.12. The second-order valence-corrected chi connectivity index (χ2v) is 11.3. The number of hydrogen-bond donors (Lipinski definition) is 6. The van der Waals surface area contributed by atoms with Gasteiger partial charge in [0.1, 0.15) is 11.4 Å². The first-order valence-electron chi connectivity index (χ1n) is 15.7. The van der Waals surface area contributed by atoms with Crippen LogP contribution in [0.3, 0.4) is 0 Å². The second kappa shape index (κ2) is 17.6. The Morgan fingerprint density at radius 3 is 2.48 bits per heavy atom. The van der Waals surface area contributed by atoms with Gasteiger partial charge in [0, 0.05) is 80.8 Å². The summed E-state index contributed by atoms with van der Waals surface area (Å²) in [6.07, 6.45) is 9.90. The molecule has 3 heterocycles. The van der Waals surface area contributed by atoms with E-state index in [1.807, 2.05) is 25.1 Å². The molecule has 2 unspecified atom stereocenters. The summed E-state index contributed by atoms with van der Waals surface area (Å²) in [5.74, 6) is -0.278. The molecule has 13 nitrogen and oxygen atoms in total. The third-order valence-electron chi connectivity index (χ3n) is 7.12. The van der Waals surface area contributed by atoms with E-state index in [0.717, 1.165) is 31.5 Å². The lowest BCUT2D eigenvalue weighted by atomic mass is 10.1. The van der Waals surface area contributed by atoms with Crippen LogP contribution in [0.25, 0.3) is 0 Å². The Bertz CT molecular complexity index is 1470. The molecule has 1 fully saturated rings. The van der Waals surface area contributed by atoms with Crippen molar-refractivity contribution in [1.29, 1.82) is 0 Å². The SMILES string of the molecule is CCCNc1nc(NCCc2ccncc2)ncc1C(=O)Nc1cccc(NC(=O)CNC(=O)/C=C/CN2CC(C)NC(C)C2)c1. The molecule has 1 aliphatic rings. The molecule has 0 bridgehead atoms. The van der Waals surface area contributed by atoms with Crippen LogP contribution in [0.5, 0.6) is 0 Å². The number of carbonyl (C=O) groups is 3. The summed E-state index contributed by atoms with van der Waals surface area (Å²) in [6, 6.07) is 11.5. The van der Waals surface area contributed by atoms with Gasteiger partial charge in [-0.3, -0.25) is 24.3 Å². The fraction of sp³-hybridized carbons (Fsp3) is 0.394. The smallest absolute Gasteiger partial charge is 0.260 e. The molecule has 0 aliphatic carbocycles. The van der Waals surface area contributed by atoms with Crippen LogP contribution < -0.4 is 31.9 Å². The van der Waals surface area contributed by atoms with Crippen molar-refractivity contribution in [2.75, 3.05) is 60.5 Å². The van der Waals surface area contributed by atoms with Crippen molar-refractivity contribution in [3.05, 3.63) is 78.3 Å². The summed E-state index contributed by atoms with van der Waals surface area (Å²) in [5, 5.41) is 18.1. The van der Waals surface area contributed by atoms with Crippen molar-refractivity contribution in [2.45, 2.75) is 45.7 Å². The lowest BCUT2D eigenvalue weighted by Gasteiger charge is -2.35. The normalized spacial score (nSPS) is 16.5. The number of nitrogens with zero attached hydrogens (tertiary/aromatic N) is 4. The van der Waals surface area contributed by atoms with E-state index in [0.29, 0.717) is 60.4 Å². The number of anilines is 4. The number of amides is 3. The minimum atomic E-state index is -0.394. The van der Waals surface area contributed by atoms with Gasteiger partial charge in [0.05, 0.1) is 6.54 Å². The van der Waals surface area contributed by atoms with Crippen LogP contribution in [0.15, 0.2) is 67.1 Å². The van der Waals surface area contributed by atoms with Gasteiger partial charge in [-0.1, -0.05) is 19.1 Å². The Kier molecular flexibility index (Phi) is 13.0. The summed E-state index contributed by atoms with van der Waals surface area (Å²) >= 11 is 0. The Morgan fingerprint density at radius 2 is 1.74 bits per heavy atom. The van der Waals surface area contributed by atoms with E-state index < -0.39 is 5.91 Å². The quantitative estimate of drug-likeness (QED) is 0.138. The lowest BCUT2D eigenvalue weighted by Crippen LogP contribution is -2.54. The number of nitrogens with one attached hydrogen (secondary N) is 6. The number of pyridine rings is 1. The van der Waals surface area contributed by atoms with Crippen LogP contribution in [0.1, 0.15) is 43.1 Å². The fourth-order valence-corrected chi connectivity index (χ4v) is 5.08. The van der Waals surface area contributed by atoms with E-state index >= 15 is 0 Å². The molecule has 0 radical (unpaired) electrons. The molecule has 2 aromatic heterocycles. The predicted octanol–water partition coefficient (Wildman–Crippen LogP) is 2.89. The van der Waals surface area contributed by atoms with Crippen molar-refractivity contribution in [2.24, 2.45) is 0 Å². The summed E-state index contributed by atoms with van der Waals surface area (Å²) in [6.45, 7) is 9.89. The molecule has 0 spiro atoms. The number of piperazine rings is 1. The van der Waals surface area contributed by atoms with Crippen molar-refractivity contribution in [1.82, 2.24) is 30.5 Å². The standard InChI is InChI=1S/C33H44N10O3/c1-4-13-35-31-28(19-38-33(42-31)36-16-12-25-10-14-34-15-11-25)32(46)41-27-8-5-7-26(18-27)40-30(45)20-37-29(44)9-6-17-43-21-23(2)39-24(3)22-43/h5-11,14-15,18-19,23-24,39H,4,12-13,16-17,20-22H2,1-3H3,(H,37,44)(H,40,45)(H,41,46)(H2,35,36,38,42)/b9-6+. The molecule has 0 saturated carbocycles. The minimum absolute atomic E-state index is 0.186. The van der Waals surface area contributed by atoms with Gasteiger partial charge in [0.2, 0.25) is 17.8 Å². The molecule has 13 heteroatoms. The van der Waals surface area contributed by atoms with E-state index in [4.69, 9.17) is 0 Å². The number of hydrogen-bond acceptors (Lipinski definition) is 10. The van der Waals surface area contributed by atoms with Crippen LogP contribution in [0, 0.1) is 0 Å². The Labute approximate surface area is 270 Å². The number of rotatable bonds is 15. The zero-order chi connectivity index (χ0) is 32.7. The average molecular weight is 629 g/mol. The highest BCUT2D eigenvalue weighted by Gasteiger charge is 2.20.